The third kappa shape index (κ3) is 3.91. The molecule has 6 nitrogen and oxygen atoms in total. The number of aliphatic carboxylic acids is 1. The number of rotatable bonds is 4. The normalized spacial score (nSPS) is 22.9. The number of nitrogens with one attached hydrogen (secondary N) is 1. The zero-order chi connectivity index (χ0) is 13.5. The standard InChI is InChI=1S/C12H19N3O3/c1-15(8-4-7-13)12(18)14-10-6-3-2-5-9(10)11(16)17/h9-10H,2-6,8H2,1H3,(H,14,18)(H,16,17). The van der Waals surface area contributed by atoms with Crippen molar-refractivity contribution in [1.29, 1.82) is 5.26 Å². The smallest absolute Gasteiger partial charge is 0.317 e. The summed E-state index contributed by atoms with van der Waals surface area (Å²) in [5.74, 6) is -1.34. The number of hydrogen-bond acceptors (Lipinski definition) is 3. The molecule has 0 radical (unpaired) electrons. The van der Waals surface area contributed by atoms with Crippen molar-refractivity contribution in [3.63, 3.8) is 0 Å². The molecule has 2 N–H and O–H groups in total. The minimum atomic E-state index is -0.848. The predicted molar refractivity (Wildman–Crippen MR) is 64.8 cm³/mol. The molecule has 2 atom stereocenters. The second-order valence-corrected chi connectivity index (χ2v) is 4.61. The van der Waals surface area contributed by atoms with E-state index in [1.807, 2.05) is 6.07 Å². The Morgan fingerprint density at radius 1 is 1.44 bits per heavy atom. The molecule has 6 heteroatoms. The highest BCUT2D eigenvalue weighted by molar-refractivity contribution is 5.76. The molecule has 0 spiro atoms. The van der Waals surface area contributed by atoms with Crippen LogP contribution in [0.15, 0.2) is 0 Å². The first kappa shape index (κ1) is 14.3. The first-order valence-electron chi connectivity index (χ1n) is 6.17. The van der Waals surface area contributed by atoms with Crippen LogP contribution in [-0.4, -0.2) is 41.6 Å². The molecule has 0 heterocycles. The fraction of sp³-hybridized carbons (Fsp3) is 0.750. The van der Waals surface area contributed by atoms with Gasteiger partial charge in [0.05, 0.1) is 18.4 Å². The van der Waals surface area contributed by atoms with Gasteiger partial charge in [-0.25, -0.2) is 4.79 Å². The van der Waals surface area contributed by atoms with Crippen LogP contribution >= 0.6 is 0 Å². The number of nitriles is 1. The molecule has 2 unspecified atom stereocenters. The average molecular weight is 253 g/mol. The van der Waals surface area contributed by atoms with Gasteiger partial charge in [-0.3, -0.25) is 4.79 Å². The number of carbonyl (C=O) groups is 2. The monoisotopic (exact) mass is 253 g/mol. The fourth-order valence-corrected chi connectivity index (χ4v) is 2.19. The second kappa shape index (κ2) is 6.84. The lowest BCUT2D eigenvalue weighted by Crippen LogP contribution is -2.49. The second-order valence-electron chi connectivity index (χ2n) is 4.61. The van der Waals surface area contributed by atoms with Gasteiger partial charge in [0, 0.05) is 19.6 Å². The van der Waals surface area contributed by atoms with E-state index in [2.05, 4.69) is 5.32 Å². The highest BCUT2D eigenvalue weighted by Gasteiger charge is 2.32. The summed E-state index contributed by atoms with van der Waals surface area (Å²) < 4.78 is 0. The number of carboxylic acids is 1. The van der Waals surface area contributed by atoms with Crippen LogP contribution in [0.2, 0.25) is 0 Å². The van der Waals surface area contributed by atoms with Crippen LogP contribution < -0.4 is 5.32 Å². The summed E-state index contributed by atoms with van der Waals surface area (Å²) in [6, 6.07) is 1.37. The third-order valence-electron chi connectivity index (χ3n) is 3.30. The first-order chi connectivity index (χ1) is 8.56. The van der Waals surface area contributed by atoms with Gasteiger partial charge in [-0.2, -0.15) is 5.26 Å². The van der Waals surface area contributed by atoms with Crippen molar-refractivity contribution in [1.82, 2.24) is 10.2 Å². The molecule has 0 aromatic heterocycles. The lowest BCUT2D eigenvalue weighted by atomic mass is 9.84. The van der Waals surface area contributed by atoms with Crippen molar-refractivity contribution in [2.24, 2.45) is 5.92 Å². The zero-order valence-corrected chi connectivity index (χ0v) is 10.6. The fourth-order valence-electron chi connectivity index (χ4n) is 2.19. The maximum Gasteiger partial charge on any atom is 0.317 e. The summed E-state index contributed by atoms with van der Waals surface area (Å²) in [7, 11) is 1.60. The Labute approximate surface area is 107 Å². The topological polar surface area (TPSA) is 93.4 Å². The lowest BCUT2D eigenvalue weighted by Gasteiger charge is -2.30. The number of urea groups is 1. The van der Waals surface area contributed by atoms with E-state index in [0.29, 0.717) is 19.4 Å². The Kier molecular flexibility index (Phi) is 5.43. The predicted octanol–water partition coefficient (Wildman–Crippen LogP) is 1.18. The third-order valence-corrected chi connectivity index (χ3v) is 3.30. The van der Waals surface area contributed by atoms with Crippen LogP contribution in [0.5, 0.6) is 0 Å². The molecule has 2 amide bonds. The summed E-state index contributed by atoms with van der Waals surface area (Å²) in [5, 5.41) is 20.3. The average Bonchev–Trinajstić information content (AvgIpc) is 2.36. The van der Waals surface area contributed by atoms with Gasteiger partial charge < -0.3 is 15.3 Å². The lowest BCUT2D eigenvalue weighted by molar-refractivity contribution is -0.143. The van der Waals surface area contributed by atoms with Crippen molar-refractivity contribution in [3.05, 3.63) is 0 Å². The van der Waals surface area contributed by atoms with Gasteiger partial charge in [-0.05, 0) is 12.8 Å². The van der Waals surface area contributed by atoms with Crippen molar-refractivity contribution >= 4 is 12.0 Å². The number of hydrogen-bond donors (Lipinski definition) is 2. The number of amides is 2. The molecule has 0 bridgehead atoms. The van der Waals surface area contributed by atoms with Gasteiger partial charge in [0.25, 0.3) is 0 Å². The van der Waals surface area contributed by atoms with E-state index in [-0.39, 0.29) is 18.5 Å². The molecule has 1 saturated carbocycles. The van der Waals surface area contributed by atoms with Gasteiger partial charge in [0.2, 0.25) is 0 Å². The van der Waals surface area contributed by atoms with Crippen LogP contribution in [0, 0.1) is 17.2 Å². The molecule has 1 rings (SSSR count). The van der Waals surface area contributed by atoms with E-state index < -0.39 is 11.9 Å². The summed E-state index contributed by atoms with van der Waals surface area (Å²) >= 11 is 0. The molecule has 18 heavy (non-hydrogen) atoms. The largest absolute Gasteiger partial charge is 0.481 e. The summed E-state index contributed by atoms with van der Waals surface area (Å²) in [5.41, 5.74) is 0. The summed E-state index contributed by atoms with van der Waals surface area (Å²) in [6.45, 7) is 0.354. The molecular formula is C12H19N3O3. The van der Waals surface area contributed by atoms with Crippen LogP contribution in [0.4, 0.5) is 4.79 Å². The van der Waals surface area contributed by atoms with E-state index in [1.54, 1.807) is 7.05 Å². The summed E-state index contributed by atoms with van der Waals surface area (Å²) in [6.07, 6.45) is 3.43. The molecule has 0 aromatic carbocycles. The van der Waals surface area contributed by atoms with Crippen LogP contribution in [0.25, 0.3) is 0 Å². The maximum absolute atomic E-state index is 11.8. The Morgan fingerprint density at radius 3 is 2.72 bits per heavy atom. The van der Waals surface area contributed by atoms with E-state index in [0.717, 1.165) is 12.8 Å². The Hall–Kier alpha value is -1.77. The zero-order valence-electron chi connectivity index (χ0n) is 10.6. The Balaban J connectivity index is 2.51. The van der Waals surface area contributed by atoms with Gasteiger partial charge in [0.1, 0.15) is 0 Å². The van der Waals surface area contributed by atoms with Crippen molar-refractivity contribution < 1.29 is 14.7 Å². The van der Waals surface area contributed by atoms with Crippen molar-refractivity contribution in [2.45, 2.75) is 38.1 Å². The Morgan fingerprint density at radius 2 is 2.11 bits per heavy atom. The molecule has 1 fully saturated rings. The van der Waals surface area contributed by atoms with Crippen LogP contribution in [-0.2, 0) is 4.79 Å². The summed E-state index contributed by atoms with van der Waals surface area (Å²) in [4.78, 5) is 24.3. The minimum absolute atomic E-state index is 0.275. The van der Waals surface area contributed by atoms with Gasteiger partial charge in [0.15, 0.2) is 0 Å². The molecule has 100 valence electrons. The van der Waals surface area contributed by atoms with E-state index >= 15 is 0 Å². The molecule has 1 aliphatic carbocycles. The molecule has 0 aromatic rings. The number of nitrogens with zero attached hydrogens (tertiary/aromatic N) is 2. The molecule has 0 saturated heterocycles. The molecule has 0 aliphatic heterocycles. The van der Waals surface area contributed by atoms with E-state index in [9.17, 15) is 9.59 Å². The first-order valence-corrected chi connectivity index (χ1v) is 6.17. The van der Waals surface area contributed by atoms with Crippen molar-refractivity contribution in [2.75, 3.05) is 13.6 Å². The van der Waals surface area contributed by atoms with Gasteiger partial charge in [-0.1, -0.05) is 12.8 Å². The van der Waals surface area contributed by atoms with Crippen molar-refractivity contribution in [3.8, 4) is 6.07 Å². The van der Waals surface area contributed by atoms with Gasteiger partial charge >= 0.3 is 12.0 Å². The van der Waals surface area contributed by atoms with Crippen LogP contribution in [0.3, 0.4) is 0 Å². The van der Waals surface area contributed by atoms with E-state index in [4.69, 9.17) is 10.4 Å². The Bertz CT molecular complexity index is 351. The SMILES string of the molecule is CN(CCC#N)C(=O)NC1CCCCC1C(=O)O. The van der Waals surface area contributed by atoms with Gasteiger partial charge in [-0.15, -0.1) is 0 Å². The molecular weight excluding hydrogens is 234 g/mol. The maximum atomic E-state index is 11.8. The quantitative estimate of drug-likeness (QED) is 0.786. The number of carbonyl (C=O) groups excluding carboxylic acids is 1. The van der Waals surface area contributed by atoms with E-state index in [1.165, 1.54) is 4.90 Å². The minimum Gasteiger partial charge on any atom is -0.481 e. The highest BCUT2D eigenvalue weighted by Crippen LogP contribution is 2.24. The number of carboxylic acid groups (broad SMARTS) is 1. The highest BCUT2D eigenvalue weighted by atomic mass is 16.4. The van der Waals surface area contributed by atoms with Crippen LogP contribution in [0.1, 0.15) is 32.1 Å². The molecule has 1 aliphatic rings.